The fraction of sp³-hybridized carbons (Fsp3) is 0.533. The van der Waals surface area contributed by atoms with E-state index in [1.54, 1.807) is 6.92 Å². The molecule has 0 aromatic heterocycles. The molecule has 7 atom stereocenters. The fourth-order valence-corrected chi connectivity index (χ4v) is 14.1. The van der Waals surface area contributed by atoms with Crippen molar-refractivity contribution in [3.8, 4) is 0 Å². The molecule has 0 spiro atoms. The number of rotatable bonds is 16. The summed E-state index contributed by atoms with van der Waals surface area (Å²) >= 11 is 0. The standard InChI is InChI=1S/C32H47NO5Si.C13H16O3/c1-22(2)39(23(3)4,24(5)6)38-25(7)30(34)29(19-18-26-14-10-8-11-15-26)31(35)33-28(21-37-32(33)36)20-27-16-12-9-13-17-27;1-9-12(14)11(13(15)16-9)8-7-10-5-3-2-4-6-10/h8-17,22-25,28-30,34H,18-21H2,1-7H3;2-6,9,11-12,14H,7-8H2,1H3/t25-,28+,29+,30-;9-,11+,12-/m00/s1. The van der Waals surface area contributed by atoms with E-state index >= 15 is 0 Å². The van der Waals surface area contributed by atoms with Crippen LogP contribution in [0.3, 0.4) is 0 Å². The first-order valence-electron chi connectivity index (χ1n) is 20.0. The molecule has 55 heavy (non-hydrogen) atoms. The molecule has 5 rings (SSSR count). The second-order valence-corrected chi connectivity index (χ2v) is 21.6. The number of benzene rings is 3. The zero-order valence-electron chi connectivity index (χ0n) is 34.0. The van der Waals surface area contributed by atoms with Crippen LogP contribution in [0.5, 0.6) is 0 Å². The highest BCUT2D eigenvalue weighted by Crippen LogP contribution is 2.44. The highest BCUT2D eigenvalue weighted by molar-refractivity contribution is 6.77. The van der Waals surface area contributed by atoms with Crippen molar-refractivity contribution in [2.75, 3.05) is 6.61 Å². The molecule has 2 saturated heterocycles. The summed E-state index contributed by atoms with van der Waals surface area (Å²) in [4.78, 5) is 39.7. The highest BCUT2D eigenvalue weighted by atomic mass is 28.4. The summed E-state index contributed by atoms with van der Waals surface area (Å²) in [5, 5.41) is 21.5. The predicted molar refractivity (Wildman–Crippen MR) is 218 cm³/mol. The smallest absolute Gasteiger partial charge is 0.416 e. The maximum Gasteiger partial charge on any atom is 0.416 e. The number of ether oxygens (including phenoxy) is 2. The number of esters is 1. The fourth-order valence-electron chi connectivity index (χ4n) is 8.54. The van der Waals surface area contributed by atoms with Crippen molar-refractivity contribution in [1.82, 2.24) is 4.90 Å². The van der Waals surface area contributed by atoms with Gasteiger partial charge in [-0.3, -0.25) is 9.59 Å². The van der Waals surface area contributed by atoms with Gasteiger partial charge in [-0.2, -0.15) is 0 Å². The molecular weight excluding hydrogens is 711 g/mol. The van der Waals surface area contributed by atoms with Crippen molar-refractivity contribution in [3.63, 3.8) is 0 Å². The molecule has 3 aromatic carbocycles. The van der Waals surface area contributed by atoms with E-state index in [1.165, 1.54) is 10.5 Å². The molecule has 0 aliphatic carbocycles. The number of cyclic esters (lactones) is 2. The maximum atomic E-state index is 14.1. The van der Waals surface area contributed by atoms with E-state index in [2.05, 4.69) is 41.5 Å². The number of aryl methyl sites for hydroxylation is 2. The van der Waals surface area contributed by atoms with E-state index < -0.39 is 44.7 Å². The molecule has 9 nitrogen and oxygen atoms in total. The Kier molecular flexibility index (Phi) is 16.3. The zero-order chi connectivity index (χ0) is 40.3. The topological polar surface area (TPSA) is 123 Å². The van der Waals surface area contributed by atoms with Crippen molar-refractivity contribution >= 4 is 26.3 Å². The van der Waals surface area contributed by atoms with Gasteiger partial charge in [0, 0.05) is 0 Å². The molecule has 2 aliphatic heterocycles. The molecule has 2 aliphatic rings. The first-order valence-corrected chi connectivity index (χ1v) is 22.2. The number of aliphatic hydroxyl groups excluding tert-OH is 2. The van der Waals surface area contributed by atoms with Crippen molar-refractivity contribution in [2.45, 2.75) is 135 Å². The normalized spacial score (nSPS) is 21.6. The van der Waals surface area contributed by atoms with Crippen LogP contribution >= 0.6 is 0 Å². The Bertz CT molecular complexity index is 1610. The minimum Gasteiger partial charge on any atom is -0.460 e. The van der Waals surface area contributed by atoms with Crippen LogP contribution < -0.4 is 0 Å². The lowest BCUT2D eigenvalue weighted by molar-refractivity contribution is -0.144. The number of carbonyl (C=O) groups excluding carboxylic acids is 3. The van der Waals surface area contributed by atoms with Gasteiger partial charge in [-0.1, -0.05) is 133 Å². The molecule has 0 unspecified atom stereocenters. The molecule has 300 valence electrons. The lowest BCUT2D eigenvalue weighted by Crippen LogP contribution is -2.54. The average molecular weight is 774 g/mol. The van der Waals surface area contributed by atoms with Crippen LogP contribution in [0.4, 0.5) is 4.79 Å². The SMILES string of the molecule is CC(C)[Si](O[C@@H](C)[C@H](O)[C@@H](CCc1ccccc1)C(=O)N1C(=O)OC[C@H]1Cc1ccccc1)(C(C)C)C(C)C.C[C@@H]1OC(=O)[C@H](CCc2ccccc2)[C@H]1O. The molecule has 3 aromatic rings. The van der Waals surface area contributed by atoms with Crippen molar-refractivity contribution in [2.24, 2.45) is 11.8 Å². The third-order valence-electron chi connectivity index (χ3n) is 11.5. The summed E-state index contributed by atoms with van der Waals surface area (Å²) in [6.45, 7) is 17.0. The molecule has 2 N–H and O–H groups in total. The van der Waals surface area contributed by atoms with Gasteiger partial charge in [0.1, 0.15) is 18.8 Å². The Balaban J connectivity index is 0.000000348. The molecule has 2 fully saturated rings. The molecule has 2 amide bonds. The number of aliphatic hydroxyl groups is 2. The Labute approximate surface area is 329 Å². The van der Waals surface area contributed by atoms with Crippen molar-refractivity contribution in [1.29, 1.82) is 0 Å². The lowest BCUT2D eigenvalue weighted by atomic mass is 9.90. The summed E-state index contributed by atoms with van der Waals surface area (Å²) in [5.41, 5.74) is 4.31. The van der Waals surface area contributed by atoms with Crippen molar-refractivity contribution in [3.05, 3.63) is 108 Å². The van der Waals surface area contributed by atoms with Gasteiger partial charge < -0.3 is 24.1 Å². The molecular formula is C45H63NO8Si. The quantitative estimate of drug-likeness (QED) is 0.110. The Hall–Kier alpha value is -3.83. The van der Waals surface area contributed by atoms with E-state index in [-0.39, 0.29) is 30.5 Å². The number of hydrogen-bond acceptors (Lipinski definition) is 8. The summed E-state index contributed by atoms with van der Waals surface area (Å²) in [6, 6.07) is 29.3. The number of amides is 2. The van der Waals surface area contributed by atoms with E-state index in [0.717, 1.165) is 17.5 Å². The van der Waals surface area contributed by atoms with Crippen molar-refractivity contribution < 1.29 is 38.5 Å². The first kappa shape index (κ1) is 43.9. The number of imide groups is 1. The van der Waals surface area contributed by atoms with Crippen LogP contribution in [-0.2, 0) is 42.8 Å². The van der Waals surface area contributed by atoms with E-state index in [1.807, 2.05) is 97.9 Å². The van der Waals surface area contributed by atoms with Gasteiger partial charge in [-0.15, -0.1) is 0 Å². The summed E-state index contributed by atoms with van der Waals surface area (Å²) in [6.07, 6.45) is -0.316. The second-order valence-electron chi connectivity index (χ2n) is 16.2. The predicted octanol–water partition coefficient (Wildman–Crippen LogP) is 8.31. The Morgan fingerprint density at radius 2 is 1.29 bits per heavy atom. The van der Waals surface area contributed by atoms with Crippen LogP contribution in [0.25, 0.3) is 0 Å². The highest BCUT2D eigenvalue weighted by Gasteiger charge is 2.49. The Morgan fingerprint density at radius 1 is 0.800 bits per heavy atom. The number of hydrogen-bond donors (Lipinski definition) is 2. The van der Waals surface area contributed by atoms with Gasteiger partial charge in [0.05, 0.1) is 30.1 Å². The lowest BCUT2D eigenvalue weighted by Gasteiger charge is -2.45. The molecule has 0 radical (unpaired) electrons. The largest absolute Gasteiger partial charge is 0.460 e. The summed E-state index contributed by atoms with van der Waals surface area (Å²) in [5.74, 6) is -1.82. The minimum absolute atomic E-state index is 0.150. The van der Waals surface area contributed by atoms with Gasteiger partial charge in [-0.05, 0) is 79.3 Å². The Morgan fingerprint density at radius 3 is 1.76 bits per heavy atom. The molecule has 0 saturated carbocycles. The third kappa shape index (κ3) is 11.2. The number of carbonyl (C=O) groups is 3. The van der Waals surface area contributed by atoms with E-state index in [0.29, 0.717) is 42.3 Å². The van der Waals surface area contributed by atoms with E-state index in [9.17, 15) is 24.6 Å². The first-order chi connectivity index (χ1) is 26.2. The van der Waals surface area contributed by atoms with Crippen LogP contribution in [0.2, 0.25) is 16.6 Å². The van der Waals surface area contributed by atoms with Gasteiger partial charge in [0.2, 0.25) is 14.2 Å². The molecule has 0 bridgehead atoms. The zero-order valence-corrected chi connectivity index (χ0v) is 35.0. The minimum atomic E-state index is -2.31. The van der Waals surface area contributed by atoms with Gasteiger partial charge in [0.15, 0.2) is 0 Å². The average Bonchev–Trinajstić information content (AvgIpc) is 3.65. The number of nitrogens with zero attached hydrogens (tertiary/aromatic N) is 1. The van der Waals surface area contributed by atoms with E-state index in [4.69, 9.17) is 13.9 Å². The van der Waals surface area contributed by atoms with Gasteiger partial charge in [0.25, 0.3) is 0 Å². The summed E-state index contributed by atoms with van der Waals surface area (Å²) < 4.78 is 17.2. The van der Waals surface area contributed by atoms with Crippen LogP contribution in [0.15, 0.2) is 91.0 Å². The maximum absolute atomic E-state index is 14.1. The monoisotopic (exact) mass is 773 g/mol. The van der Waals surface area contributed by atoms with Crippen LogP contribution in [0.1, 0.15) is 84.9 Å². The summed E-state index contributed by atoms with van der Waals surface area (Å²) in [7, 11) is -2.31. The van der Waals surface area contributed by atoms with Gasteiger partial charge in [-0.25, -0.2) is 9.69 Å². The third-order valence-corrected chi connectivity index (χ3v) is 17.7. The molecule has 2 heterocycles. The van der Waals surface area contributed by atoms with Gasteiger partial charge >= 0.3 is 12.1 Å². The molecule has 10 heteroatoms. The van der Waals surface area contributed by atoms with Crippen LogP contribution in [-0.4, -0.2) is 78.5 Å². The second kappa shape index (κ2) is 20.4. The van der Waals surface area contributed by atoms with Crippen LogP contribution in [0, 0.1) is 11.8 Å².